The van der Waals surface area contributed by atoms with Gasteiger partial charge in [0.05, 0.1) is 0 Å². The Kier molecular flexibility index (Phi) is 6.07. The highest BCUT2D eigenvalue weighted by atomic mass is 16.5. The van der Waals surface area contributed by atoms with E-state index in [0.29, 0.717) is 22.7 Å². The van der Waals surface area contributed by atoms with Gasteiger partial charge in [-0.3, -0.25) is 9.59 Å². The number of hydrogen-bond donors (Lipinski definition) is 2. The van der Waals surface area contributed by atoms with Crippen molar-refractivity contribution in [2.75, 3.05) is 17.2 Å². The molecule has 2 amide bonds. The molecule has 3 aromatic rings. The monoisotopic (exact) mass is 374 g/mol. The lowest BCUT2D eigenvalue weighted by Crippen LogP contribution is -2.20. The molecule has 5 nitrogen and oxygen atoms in total. The van der Waals surface area contributed by atoms with Crippen molar-refractivity contribution in [3.8, 4) is 5.75 Å². The molecule has 0 aromatic heterocycles. The first kappa shape index (κ1) is 19.2. The fourth-order valence-electron chi connectivity index (χ4n) is 2.67. The number of benzene rings is 3. The normalized spacial score (nSPS) is 10.2. The highest BCUT2D eigenvalue weighted by molar-refractivity contribution is 6.04. The van der Waals surface area contributed by atoms with Gasteiger partial charge in [-0.15, -0.1) is 0 Å². The molecule has 0 radical (unpaired) electrons. The summed E-state index contributed by atoms with van der Waals surface area (Å²) in [4.78, 5) is 24.5. The van der Waals surface area contributed by atoms with Crippen LogP contribution in [0.25, 0.3) is 0 Å². The van der Waals surface area contributed by atoms with E-state index >= 15 is 0 Å². The van der Waals surface area contributed by atoms with Crippen LogP contribution in [-0.4, -0.2) is 18.4 Å². The van der Waals surface area contributed by atoms with E-state index in [1.54, 1.807) is 36.4 Å². The maximum absolute atomic E-state index is 12.2. The summed E-state index contributed by atoms with van der Waals surface area (Å²) in [5.74, 6) is 0.216. The lowest BCUT2D eigenvalue weighted by atomic mass is 10.1. The zero-order valence-electron chi connectivity index (χ0n) is 15.9. The van der Waals surface area contributed by atoms with Gasteiger partial charge in [0.2, 0.25) is 0 Å². The lowest BCUT2D eigenvalue weighted by molar-refractivity contribution is -0.118. The van der Waals surface area contributed by atoms with E-state index in [4.69, 9.17) is 4.74 Å². The zero-order valence-corrected chi connectivity index (χ0v) is 15.9. The molecule has 0 aliphatic rings. The number of carbonyl (C=O) groups excluding carboxylic acids is 2. The van der Waals surface area contributed by atoms with Gasteiger partial charge in [0.15, 0.2) is 6.61 Å². The topological polar surface area (TPSA) is 67.4 Å². The van der Waals surface area contributed by atoms with Gasteiger partial charge in [0.1, 0.15) is 5.75 Å². The Labute approximate surface area is 164 Å². The van der Waals surface area contributed by atoms with E-state index in [-0.39, 0.29) is 18.4 Å². The minimum atomic E-state index is -0.271. The Balaban J connectivity index is 1.58. The van der Waals surface area contributed by atoms with Crippen molar-refractivity contribution >= 4 is 23.2 Å². The lowest BCUT2D eigenvalue weighted by Gasteiger charge is -2.11. The van der Waals surface area contributed by atoms with Crippen LogP contribution >= 0.6 is 0 Å². The molecular weight excluding hydrogens is 352 g/mol. The molecule has 0 bridgehead atoms. The summed E-state index contributed by atoms with van der Waals surface area (Å²) in [5.41, 5.74) is 3.80. The van der Waals surface area contributed by atoms with Gasteiger partial charge < -0.3 is 15.4 Å². The van der Waals surface area contributed by atoms with Crippen LogP contribution in [-0.2, 0) is 4.79 Å². The van der Waals surface area contributed by atoms with Crippen LogP contribution in [0.4, 0.5) is 11.4 Å². The molecule has 2 N–H and O–H groups in total. The molecular formula is C23H22N2O3. The molecule has 0 aliphatic heterocycles. The predicted molar refractivity (Wildman–Crippen MR) is 111 cm³/mol. The number of rotatable bonds is 6. The van der Waals surface area contributed by atoms with Crippen molar-refractivity contribution < 1.29 is 14.3 Å². The Morgan fingerprint density at radius 2 is 1.54 bits per heavy atom. The summed E-state index contributed by atoms with van der Waals surface area (Å²) >= 11 is 0. The molecule has 0 atom stereocenters. The predicted octanol–water partition coefficient (Wildman–Crippen LogP) is 4.57. The average Bonchev–Trinajstić information content (AvgIpc) is 2.69. The second-order valence-electron chi connectivity index (χ2n) is 6.51. The second-order valence-corrected chi connectivity index (χ2v) is 6.51. The number of ether oxygens (including phenoxy) is 1. The zero-order chi connectivity index (χ0) is 19.9. The summed E-state index contributed by atoms with van der Waals surface area (Å²) < 4.78 is 5.62. The Bertz CT molecular complexity index is 984. The number of carbonyl (C=O) groups is 2. The molecule has 3 rings (SSSR count). The summed E-state index contributed by atoms with van der Waals surface area (Å²) in [6.45, 7) is 3.82. The van der Waals surface area contributed by atoms with Crippen LogP contribution in [0.3, 0.4) is 0 Å². The van der Waals surface area contributed by atoms with Crippen molar-refractivity contribution in [1.29, 1.82) is 0 Å². The van der Waals surface area contributed by atoms with Gasteiger partial charge >= 0.3 is 0 Å². The van der Waals surface area contributed by atoms with E-state index in [9.17, 15) is 9.59 Å². The van der Waals surface area contributed by atoms with Crippen molar-refractivity contribution in [3.05, 3.63) is 89.5 Å². The van der Waals surface area contributed by atoms with Crippen molar-refractivity contribution in [2.24, 2.45) is 0 Å². The Hall–Kier alpha value is -3.60. The molecule has 3 aromatic carbocycles. The van der Waals surface area contributed by atoms with Gasteiger partial charge in [-0.1, -0.05) is 36.4 Å². The highest BCUT2D eigenvalue weighted by Gasteiger charge is 2.08. The van der Waals surface area contributed by atoms with Crippen LogP contribution in [0, 0.1) is 13.8 Å². The molecule has 0 aliphatic carbocycles. The first-order valence-electron chi connectivity index (χ1n) is 8.97. The minimum absolute atomic E-state index is 0.0924. The molecule has 28 heavy (non-hydrogen) atoms. The van der Waals surface area contributed by atoms with Crippen molar-refractivity contribution in [3.63, 3.8) is 0 Å². The third-order valence-corrected chi connectivity index (χ3v) is 4.14. The van der Waals surface area contributed by atoms with Crippen LogP contribution in [0.15, 0.2) is 72.8 Å². The van der Waals surface area contributed by atoms with Gasteiger partial charge in [0.25, 0.3) is 11.8 Å². The Morgan fingerprint density at radius 1 is 0.821 bits per heavy atom. The van der Waals surface area contributed by atoms with Crippen molar-refractivity contribution in [1.82, 2.24) is 0 Å². The molecule has 0 heterocycles. The summed E-state index contributed by atoms with van der Waals surface area (Å²) in [6, 6.07) is 21.8. The number of aryl methyl sites for hydroxylation is 2. The van der Waals surface area contributed by atoms with Gasteiger partial charge in [0, 0.05) is 16.9 Å². The summed E-state index contributed by atoms with van der Waals surface area (Å²) in [6.07, 6.45) is 0. The third kappa shape index (κ3) is 5.20. The van der Waals surface area contributed by atoms with E-state index in [1.807, 2.05) is 50.2 Å². The maximum atomic E-state index is 12.2. The number of nitrogens with one attached hydrogen (secondary N) is 2. The molecule has 0 saturated carbocycles. The summed E-state index contributed by atoms with van der Waals surface area (Å²) in [5, 5.41) is 5.61. The van der Waals surface area contributed by atoms with E-state index in [0.717, 1.165) is 11.1 Å². The average molecular weight is 374 g/mol. The van der Waals surface area contributed by atoms with Crippen LogP contribution in [0.5, 0.6) is 5.75 Å². The fourth-order valence-corrected chi connectivity index (χ4v) is 2.67. The smallest absolute Gasteiger partial charge is 0.262 e. The van der Waals surface area contributed by atoms with Crippen LogP contribution < -0.4 is 15.4 Å². The molecule has 0 unspecified atom stereocenters. The third-order valence-electron chi connectivity index (χ3n) is 4.14. The summed E-state index contributed by atoms with van der Waals surface area (Å²) in [7, 11) is 0. The minimum Gasteiger partial charge on any atom is -0.483 e. The fraction of sp³-hybridized carbons (Fsp3) is 0.130. The SMILES string of the molecule is Cc1ccc(C)c(OCC(=O)Nc2cccc(NC(=O)c3ccccc3)c2)c1. The van der Waals surface area contributed by atoms with Crippen molar-refractivity contribution in [2.45, 2.75) is 13.8 Å². The number of amides is 2. The molecule has 0 spiro atoms. The van der Waals surface area contributed by atoms with E-state index in [1.165, 1.54) is 0 Å². The Morgan fingerprint density at radius 3 is 2.29 bits per heavy atom. The van der Waals surface area contributed by atoms with Crippen LogP contribution in [0.2, 0.25) is 0 Å². The van der Waals surface area contributed by atoms with E-state index in [2.05, 4.69) is 10.6 Å². The number of anilines is 2. The number of hydrogen-bond acceptors (Lipinski definition) is 3. The van der Waals surface area contributed by atoms with Gasteiger partial charge in [-0.2, -0.15) is 0 Å². The molecule has 0 saturated heterocycles. The molecule has 0 fully saturated rings. The maximum Gasteiger partial charge on any atom is 0.262 e. The van der Waals surface area contributed by atoms with Crippen LogP contribution in [0.1, 0.15) is 21.5 Å². The van der Waals surface area contributed by atoms with E-state index < -0.39 is 0 Å². The van der Waals surface area contributed by atoms with Gasteiger partial charge in [-0.25, -0.2) is 0 Å². The molecule has 142 valence electrons. The highest BCUT2D eigenvalue weighted by Crippen LogP contribution is 2.20. The first-order chi connectivity index (χ1) is 13.5. The standard InChI is InChI=1S/C23H22N2O3/c1-16-11-12-17(2)21(13-16)28-15-22(26)24-19-9-6-10-20(14-19)25-23(27)18-7-4-3-5-8-18/h3-14H,15H2,1-2H3,(H,24,26)(H,25,27). The first-order valence-corrected chi connectivity index (χ1v) is 8.97. The van der Waals surface area contributed by atoms with Gasteiger partial charge in [-0.05, 0) is 61.4 Å². The quantitative estimate of drug-likeness (QED) is 0.664. The largest absolute Gasteiger partial charge is 0.483 e. The molecule has 5 heteroatoms. The second kappa shape index (κ2) is 8.86.